The van der Waals surface area contributed by atoms with Crippen LogP contribution in [0.25, 0.3) is 12.2 Å². The van der Waals surface area contributed by atoms with Gasteiger partial charge in [0.1, 0.15) is 0 Å². The minimum Gasteiger partial charge on any atom is -0.493 e. The number of aromatic nitrogens is 1. The zero-order valence-corrected chi connectivity index (χ0v) is 19.3. The smallest absolute Gasteiger partial charge is 0.233 e. The van der Waals surface area contributed by atoms with Crippen LogP contribution < -0.4 is 14.8 Å². The zero-order chi connectivity index (χ0) is 23.3. The molecule has 1 aliphatic rings. The highest BCUT2D eigenvalue weighted by Crippen LogP contribution is 2.31. The maximum absolute atomic E-state index is 13.2. The van der Waals surface area contributed by atoms with Crippen LogP contribution in [0, 0.1) is 0 Å². The van der Waals surface area contributed by atoms with Crippen LogP contribution in [-0.2, 0) is 14.6 Å². The van der Waals surface area contributed by atoms with Crippen LogP contribution in [0.1, 0.15) is 24.3 Å². The first kappa shape index (κ1) is 22.9. The van der Waals surface area contributed by atoms with Crippen molar-refractivity contribution >= 4 is 27.9 Å². The average Bonchev–Trinajstić information content (AvgIpc) is 3.52. The molecule has 1 N–H and O–H groups in total. The van der Waals surface area contributed by atoms with Crippen LogP contribution in [0.15, 0.2) is 62.9 Å². The summed E-state index contributed by atoms with van der Waals surface area (Å²) in [5.74, 6) is 1.45. The second kappa shape index (κ2) is 10.1. The van der Waals surface area contributed by atoms with Gasteiger partial charge in [0.2, 0.25) is 26.6 Å². The number of sulfone groups is 1. The van der Waals surface area contributed by atoms with Crippen LogP contribution >= 0.6 is 0 Å². The van der Waals surface area contributed by atoms with E-state index in [1.54, 1.807) is 56.7 Å². The molecule has 9 heteroatoms. The topological polar surface area (TPSA) is 99.9 Å². The Kier molecular flexibility index (Phi) is 7.00. The van der Waals surface area contributed by atoms with E-state index in [-0.39, 0.29) is 27.8 Å². The molecule has 0 amide bonds. The Hall–Kier alpha value is -3.30. The minimum atomic E-state index is -3.88. The van der Waals surface area contributed by atoms with E-state index >= 15 is 0 Å². The Morgan fingerprint density at radius 2 is 1.88 bits per heavy atom. The molecule has 0 spiro atoms. The molecule has 2 aromatic carbocycles. The number of ether oxygens (including phenoxy) is 3. The van der Waals surface area contributed by atoms with Gasteiger partial charge in [-0.05, 0) is 48.7 Å². The molecule has 0 aliphatic carbocycles. The second-order valence-corrected chi connectivity index (χ2v) is 9.33. The Morgan fingerprint density at radius 1 is 1.09 bits per heavy atom. The highest BCUT2D eigenvalue weighted by Gasteiger charge is 2.28. The molecule has 3 aromatic rings. The molecule has 1 atom stereocenters. The fraction of sp³-hybridized carbons (Fsp3) is 0.292. The number of nitrogens with zero attached hydrogens (tertiary/aromatic N) is 1. The fourth-order valence-electron chi connectivity index (χ4n) is 3.53. The number of methoxy groups -OCH3 is 2. The number of hydrogen-bond donors (Lipinski definition) is 1. The van der Waals surface area contributed by atoms with Crippen molar-refractivity contribution in [1.29, 1.82) is 0 Å². The van der Waals surface area contributed by atoms with Crippen LogP contribution in [-0.4, -0.2) is 46.9 Å². The van der Waals surface area contributed by atoms with Crippen molar-refractivity contribution in [3.63, 3.8) is 0 Å². The van der Waals surface area contributed by atoms with E-state index in [9.17, 15) is 8.42 Å². The summed E-state index contributed by atoms with van der Waals surface area (Å²) in [4.78, 5) is 4.44. The number of anilines is 1. The Labute approximate surface area is 193 Å². The van der Waals surface area contributed by atoms with Gasteiger partial charge >= 0.3 is 0 Å². The lowest BCUT2D eigenvalue weighted by molar-refractivity contribution is 0.120. The van der Waals surface area contributed by atoms with Crippen LogP contribution in [0.3, 0.4) is 0 Å². The standard InChI is InChI=1S/C24H26N2O6S/c1-29-20-12-10-17(15-21(20)30-2)11-13-22-26-24(33(27,28)19-8-4-3-5-9-19)23(32-22)25-16-18-7-6-14-31-18/h3-5,8-13,15,18,25H,6-7,14,16H2,1-2H3. The SMILES string of the molecule is COc1ccc(C=Cc2nc(S(=O)(=O)c3ccccc3)c(NCC3CCCO3)o2)cc1OC. The predicted octanol–water partition coefficient (Wildman–Crippen LogP) is 4.29. The molecule has 2 heterocycles. The highest BCUT2D eigenvalue weighted by molar-refractivity contribution is 7.91. The van der Waals surface area contributed by atoms with Crippen molar-refractivity contribution in [3.8, 4) is 11.5 Å². The molecule has 33 heavy (non-hydrogen) atoms. The van der Waals surface area contributed by atoms with Crippen molar-refractivity contribution in [2.75, 3.05) is 32.7 Å². The number of benzene rings is 2. The van der Waals surface area contributed by atoms with Gasteiger partial charge in [0.05, 0.1) is 25.2 Å². The maximum atomic E-state index is 13.2. The van der Waals surface area contributed by atoms with Gasteiger partial charge in [0, 0.05) is 19.2 Å². The van der Waals surface area contributed by atoms with Gasteiger partial charge in [-0.25, -0.2) is 8.42 Å². The molecule has 1 unspecified atom stereocenters. The van der Waals surface area contributed by atoms with Crippen molar-refractivity contribution in [2.45, 2.75) is 28.9 Å². The lowest BCUT2D eigenvalue weighted by atomic mass is 10.2. The highest BCUT2D eigenvalue weighted by atomic mass is 32.2. The maximum Gasteiger partial charge on any atom is 0.233 e. The lowest BCUT2D eigenvalue weighted by Gasteiger charge is -2.10. The van der Waals surface area contributed by atoms with E-state index < -0.39 is 9.84 Å². The molecule has 1 saturated heterocycles. The molecule has 1 aliphatic heterocycles. The van der Waals surface area contributed by atoms with Gasteiger partial charge in [-0.2, -0.15) is 4.98 Å². The monoisotopic (exact) mass is 470 g/mol. The quantitative estimate of drug-likeness (QED) is 0.495. The van der Waals surface area contributed by atoms with Gasteiger partial charge in [0.15, 0.2) is 11.5 Å². The molecule has 8 nitrogen and oxygen atoms in total. The van der Waals surface area contributed by atoms with E-state index in [1.165, 1.54) is 12.1 Å². The number of hydrogen-bond acceptors (Lipinski definition) is 8. The lowest BCUT2D eigenvalue weighted by Crippen LogP contribution is -2.19. The average molecular weight is 471 g/mol. The number of oxazole rings is 1. The van der Waals surface area contributed by atoms with Gasteiger partial charge in [-0.3, -0.25) is 0 Å². The third-order valence-electron chi connectivity index (χ3n) is 5.26. The summed E-state index contributed by atoms with van der Waals surface area (Å²) in [6.45, 7) is 1.14. The Morgan fingerprint density at radius 3 is 2.58 bits per heavy atom. The molecule has 0 bridgehead atoms. The van der Waals surface area contributed by atoms with Crippen LogP contribution in [0.5, 0.6) is 11.5 Å². The normalized spacial score (nSPS) is 16.2. The van der Waals surface area contributed by atoms with E-state index in [4.69, 9.17) is 18.6 Å². The molecule has 1 aromatic heterocycles. The molecule has 174 valence electrons. The first-order valence-electron chi connectivity index (χ1n) is 10.6. The number of nitrogens with one attached hydrogen (secondary N) is 1. The van der Waals surface area contributed by atoms with Crippen molar-refractivity contribution in [1.82, 2.24) is 4.98 Å². The Balaban J connectivity index is 1.64. The summed E-state index contributed by atoms with van der Waals surface area (Å²) >= 11 is 0. The van der Waals surface area contributed by atoms with E-state index in [0.29, 0.717) is 24.7 Å². The molecular formula is C24H26N2O6S. The second-order valence-electron chi connectivity index (χ2n) is 7.47. The predicted molar refractivity (Wildman–Crippen MR) is 124 cm³/mol. The van der Waals surface area contributed by atoms with Gasteiger partial charge in [-0.15, -0.1) is 0 Å². The summed E-state index contributed by atoms with van der Waals surface area (Å²) in [5.41, 5.74) is 0.812. The fourth-order valence-corrected chi connectivity index (χ4v) is 4.84. The van der Waals surface area contributed by atoms with Crippen molar-refractivity contribution < 1.29 is 27.0 Å². The van der Waals surface area contributed by atoms with E-state index in [1.807, 2.05) is 6.07 Å². The van der Waals surface area contributed by atoms with Gasteiger partial charge < -0.3 is 23.9 Å². The summed E-state index contributed by atoms with van der Waals surface area (Å²) < 4.78 is 48.5. The van der Waals surface area contributed by atoms with Crippen molar-refractivity contribution in [2.24, 2.45) is 0 Å². The third-order valence-corrected chi connectivity index (χ3v) is 6.94. The third kappa shape index (κ3) is 5.20. The zero-order valence-electron chi connectivity index (χ0n) is 18.5. The summed E-state index contributed by atoms with van der Waals surface area (Å²) in [6.07, 6.45) is 5.28. The molecule has 0 saturated carbocycles. The largest absolute Gasteiger partial charge is 0.493 e. The first-order valence-corrected chi connectivity index (χ1v) is 12.1. The molecule has 0 radical (unpaired) electrons. The summed E-state index contributed by atoms with van der Waals surface area (Å²) in [6, 6.07) is 13.6. The molecule has 4 rings (SSSR count). The van der Waals surface area contributed by atoms with Crippen LogP contribution in [0.2, 0.25) is 0 Å². The molecular weight excluding hydrogens is 444 g/mol. The number of rotatable bonds is 9. The van der Waals surface area contributed by atoms with E-state index in [2.05, 4.69) is 10.3 Å². The van der Waals surface area contributed by atoms with Gasteiger partial charge in [0.25, 0.3) is 0 Å². The van der Waals surface area contributed by atoms with Crippen LogP contribution in [0.4, 0.5) is 5.88 Å². The summed E-state index contributed by atoms with van der Waals surface area (Å²) in [5, 5.41) is 2.93. The Bertz CT molecular complexity index is 1220. The first-order chi connectivity index (χ1) is 16.0. The minimum absolute atomic E-state index is 0.00753. The van der Waals surface area contributed by atoms with E-state index in [0.717, 1.165) is 18.4 Å². The summed E-state index contributed by atoms with van der Waals surface area (Å²) in [7, 11) is -0.745. The molecule has 1 fully saturated rings. The van der Waals surface area contributed by atoms with Crippen molar-refractivity contribution in [3.05, 3.63) is 60.0 Å². The van der Waals surface area contributed by atoms with Gasteiger partial charge in [-0.1, -0.05) is 24.3 Å².